The number of hydrogen-bond donors (Lipinski definition) is 2. The molecule has 6 heteroatoms. The van der Waals surface area contributed by atoms with Gasteiger partial charge >= 0.3 is 0 Å². The molecule has 0 unspecified atom stereocenters. The van der Waals surface area contributed by atoms with Gasteiger partial charge in [0.1, 0.15) is 10.8 Å². The predicted octanol–water partition coefficient (Wildman–Crippen LogP) is 3.11. The van der Waals surface area contributed by atoms with Crippen LogP contribution in [0.4, 0.5) is 9.39 Å². The lowest BCUT2D eigenvalue weighted by molar-refractivity contribution is 0.100. The Morgan fingerprint density at radius 2 is 2.10 bits per heavy atom. The van der Waals surface area contributed by atoms with Crippen molar-refractivity contribution in [3.63, 3.8) is 0 Å². The second kappa shape index (κ2) is 6.05. The van der Waals surface area contributed by atoms with E-state index in [4.69, 9.17) is 5.73 Å². The molecule has 2 amide bonds. The molecule has 3 N–H and O–H groups in total. The normalized spacial score (nSPS) is 10.4. The number of benzene rings is 1. The lowest BCUT2D eigenvalue weighted by Gasteiger charge is -2.06. The van der Waals surface area contributed by atoms with Crippen LogP contribution >= 0.6 is 11.3 Å². The van der Waals surface area contributed by atoms with Crippen molar-refractivity contribution in [1.82, 2.24) is 0 Å². The Morgan fingerprint density at radius 1 is 1.38 bits per heavy atom. The van der Waals surface area contributed by atoms with Crippen LogP contribution in [0.5, 0.6) is 0 Å². The first-order valence-electron chi connectivity index (χ1n) is 6.43. The molecule has 1 heterocycles. The van der Waals surface area contributed by atoms with Crippen molar-refractivity contribution in [1.29, 1.82) is 0 Å². The minimum absolute atomic E-state index is 0.189. The van der Waals surface area contributed by atoms with Crippen molar-refractivity contribution in [3.05, 3.63) is 51.7 Å². The third kappa shape index (κ3) is 3.11. The molecule has 0 bridgehead atoms. The Labute approximate surface area is 125 Å². The zero-order valence-corrected chi connectivity index (χ0v) is 12.5. The Kier molecular flexibility index (Phi) is 4.37. The number of carbonyl (C=O) groups is 2. The number of halogens is 1. The number of rotatable bonds is 4. The number of aryl methyl sites for hydroxylation is 1. The second-order valence-corrected chi connectivity index (χ2v) is 5.75. The van der Waals surface area contributed by atoms with Crippen molar-refractivity contribution in [2.45, 2.75) is 20.3 Å². The average molecular weight is 306 g/mol. The molecule has 0 aliphatic carbocycles. The summed E-state index contributed by atoms with van der Waals surface area (Å²) in [6, 6.07) is 5.36. The molecule has 1 aromatic heterocycles. The molecule has 0 aliphatic rings. The van der Waals surface area contributed by atoms with Gasteiger partial charge < -0.3 is 11.1 Å². The van der Waals surface area contributed by atoms with E-state index in [-0.39, 0.29) is 5.56 Å². The zero-order chi connectivity index (χ0) is 15.6. The highest BCUT2D eigenvalue weighted by molar-refractivity contribution is 7.16. The first kappa shape index (κ1) is 15.2. The van der Waals surface area contributed by atoms with Gasteiger partial charge in [0.25, 0.3) is 11.8 Å². The molecule has 0 saturated carbocycles. The third-order valence-electron chi connectivity index (χ3n) is 3.12. The number of hydrogen-bond acceptors (Lipinski definition) is 3. The lowest BCUT2D eigenvalue weighted by Crippen LogP contribution is -2.18. The SMILES string of the molecule is CCc1c(C)sc(NC(=O)c2cccc(F)c2)c1C(N)=O. The first-order valence-corrected chi connectivity index (χ1v) is 7.24. The molecule has 0 aliphatic heterocycles. The highest BCUT2D eigenvalue weighted by Crippen LogP contribution is 2.33. The number of primary amides is 1. The van der Waals surface area contributed by atoms with E-state index in [1.165, 1.54) is 29.5 Å². The number of thiophene rings is 1. The number of carbonyl (C=O) groups excluding carboxylic acids is 2. The van der Waals surface area contributed by atoms with Crippen molar-refractivity contribution < 1.29 is 14.0 Å². The summed E-state index contributed by atoms with van der Waals surface area (Å²) in [6.07, 6.45) is 0.649. The van der Waals surface area contributed by atoms with Crippen LogP contribution in [0.1, 0.15) is 38.1 Å². The fourth-order valence-corrected chi connectivity index (χ4v) is 3.30. The smallest absolute Gasteiger partial charge is 0.256 e. The molecule has 0 atom stereocenters. The largest absolute Gasteiger partial charge is 0.365 e. The van der Waals surface area contributed by atoms with Crippen LogP contribution in [0.15, 0.2) is 24.3 Å². The van der Waals surface area contributed by atoms with E-state index < -0.39 is 17.6 Å². The lowest BCUT2D eigenvalue weighted by atomic mass is 10.1. The maximum absolute atomic E-state index is 13.1. The van der Waals surface area contributed by atoms with Gasteiger partial charge in [-0.05, 0) is 37.1 Å². The average Bonchev–Trinajstić information content (AvgIpc) is 2.74. The number of amides is 2. The van der Waals surface area contributed by atoms with Gasteiger partial charge in [-0.1, -0.05) is 13.0 Å². The summed E-state index contributed by atoms with van der Waals surface area (Å²) in [4.78, 5) is 24.7. The molecule has 21 heavy (non-hydrogen) atoms. The molecule has 110 valence electrons. The van der Waals surface area contributed by atoms with Gasteiger partial charge in [0.15, 0.2) is 0 Å². The van der Waals surface area contributed by atoms with Crippen LogP contribution in [0, 0.1) is 12.7 Å². The predicted molar refractivity (Wildman–Crippen MR) is 81.3 cm³/mol. The monoisotopic (exact) mass is 306 g/mol. The standard InChI is InChI=1S/C15H15FN2O2S/c1-3-11-8(2)21-15(12(11)13(17)19)18-14(20)9-5-4-6-10(16)7-9/h4-7H,3H2,1-2H3,(H2,17,19)(H,18,20). The van der Waals surface area contributed by atoms with Crippen LogP contribution in [0.25, 0.3) is 0 Å². The van der Waals surface area contributed by atoms with Gasteiger partial charge in [-0.25, -0.2) is 4.39 Å². The maximum Gasteiger partial charge on any atom is 0.256 e. The fourth-order valence-electron chi connectivity index (χ4n) is 2.16. The van der Waals surface area contributed by atoms with E-state index >= 15 is 0 Å². The molecule has 2 aromatic rings. The van der Waals surface area contributed by atoms with Crippen LogP contribution < -0.4 is 11.1 Å². The fraction of sp³-hybridized carbons (Fsp3) is 0.200. The Morgan fingerprint density at radius 3 is 2.67 bits per heavy atom. The molecule has 2 rings (SSSR count). The Hall–Kier alpha value is -2.21. The summed E-state index contributed by atoms with van der Waals surface area (Å²) in [5.41, 5.74) is 6.76. The van der Waals surface area contributed by atoms with Crippen molar-refractivity contribution in [2.75, 3.05) is 5.32 Å². The third-order valence-corrected chi connectivity index (χ3v) is 4.19. The topological polar surface area (TPSA) is 72.2 Å². The van der Waals surface area contributed by atoms with Crippen LogP contribution in [0.3, 0.4) is 0 Å². The zero-order valence-electron chi connectivity index (χ0n) is 11.7. The van der Waals surface area contributed by atoms with Crippen molar-refractivity contribution >= 4 is 28.2 Å². The van der Waals surface area contributed by atoms with Gasteiger partial charge in [-0.15, -0.1) is 11.3 Å². The second-order valence-electron chi connectivity index (χ2n) is 4.52. The van der Waals surface area contributed by atoms with Crippen LogP contribution in [0.2, 0.25) is 0 Å². The minimum atomic E-state index is -0.578. The highest BCUT2D eigenvalue weighted by Gasteiger charge is 2.20. The van der Waals surface area contributed by atoms with Gasteiger partial charge in [-0.3, -0.25) is 9.59 Å². The first-order chi connectivity index (χ1) is 9.93. The molecule has 0 fully saturated rings. The van der Waals surface area contributed by atoms with Gasteiger partial charge in [0.05, 0.1) is 5.56 Å². The van der Waals surface area contributed by atoms with E-state index in [2.05, 4.69) is 5.32 Å². The summed E-state index contributed by atoms with van der Waals surface area (Å²) in [5, 5.41) is 3.05. The molecule has 0 saturated heterocycles. The van der Waals surface area contributed by atoms with E-state index in [1.807, 2.05) is 13.8 Å². The van der Waals surface area contributed by atoms with E-state index in [0.29, 0.717) is 17.0 Å². The number of nitrogens with one attached hydrogen (secondary N) is 1. The molecule has 1 aromatic carbocycles. The molecular weight excluding hydrogens is 291 g/mol. The summed E-state index contributed by atoms with van der Waals surface area (Å²) in [5.74, 6) is -1.54. The van der Waals surface area contributed by atoms with Crippen molar-refractivity contribution in [2.24, 2.45) is 5.73 Å². The van der Waals surface area contributed by atoms with E-state index in [0.717, 1.165) is 16.5 Å². The van der Waals surface area contributed by atoms with Crippen LogP contribution in [-0.2, 0) is 6.42 Å². The van der Waals surface area contributed by atoms with Gasteiger partial charge in [-0.2, -0.15) is 0 Å². The van der Waals surface area contributed by atoms with Gasteiger partial charge in [0, 0.05) is 10.4 Å². The van der Waals surface area contributed by atoms with Crippen LogP contribution in [-0.4, -0.2) is 11.8 Å². The Balaban J connectivity index is 2.36. The quantitative estimate of drug-likeness (QED) is 0.911. The highest BCUT2D eigenvalue weighted by atomic mass is 32.1. The summed E-state index contributed by atoms with van der Waals surface area (Å²) in [6.45, 7) is 3.79. The number of nitrogens with two attached hydrogens (primary N) is 1. The molecule has 4 nitrogen and oxygen atoms in total. The molecule has 0 spiro atoms. The summed E-state index contributed by atoms with van der Waals surface area (Å²) in [7, 11) is 0. The molecular formula is C15H15FN2O2S. The van der Waals surface area contributed by atoms with E-state index in [9.17, 15) is 14.0 Å². The van der Waals surface area contributed by atoms with Gasteiger partial charge in [0.2, 0.25) is 0 Å². The van der Waals surface area contributed by atoms with Crippen molar-refractivity contribution in [3.8, 4) is 0 Å². The van der Waals surface area contributed by atoms with E-state index in [1.54, 1.807) is 0 Å². The number of anilines is 1. The molecule has 0 radical (unpaired) electrons. The Bertz CT molecular complexity index is 710. The maximum atomic E-state index is 13.1. The summed E-state index contributed by atoms with van der Waals surface area (Å²) >= 11 is 1.29. The summed E-state index contributed by atoms with van der Waals surface area (Å²) < 4.78 is 13.1. The minimum Gasteiger partial charge on any atom is -0.365 e.